The second-order valence-electron chi connectivity index (χ2n) is 9.41. The summed E-state index contributed by atoms with van der Waals surface area (Å²) in [5.74, 6) is 1.55. The molecular formula is C23H28ClFN6O3S. The fourth-order valence-corrected chi connectivity index (χ4v) is 4.51. The lowest BCUT2D eigenvalue weighted by Gasteiger charge is -2.20. The van der Waals surface area contributed by atoms with Gasteiger partial charge in [-0.05, 0) is 55.4 Å². The van der Waals surface area contributed by atoms with E-state index in [1.807, 2.05) is 0 Å². The molecule has 0 aliphatic heterocycles. The Kier molecular flexibility index (Phi) is 6.78. The second-order valence-corrected chi connectivity index (χ2v) is 11.8. The summed E-state index contributed by atoms with van der Waals surface area (Å²) in [7, 11) is -2.26. The van der Waals surface area contributed by atoms with E-state index >= 15 is 0 Å². The molecule has 3 N–H and O–H groups in total. The minimum Gasteiger partial charge on any atom is -0.419 e. The number of hydrogen-bond donors (Lipinski definition) is 2. The Balaban J connectivity index is 1.68. The van der Waals surface area contributed by atoms with E-state index in [0.717, 1.165) is 22.5 Å². The number of aromatic nitrogens is 3. The van der Waals surface area contributed by atoms with Crippen molar-refractivity contribution >= 4 is 33.3 Å². The van der Waals surface area contributed by atoms with E-state index in [-0.39, 0.29) is 28.4 Å². The van der Waals surface area contributed by atoms with Crippen molar-refractivity contribution in [2.45, 2.75) is 32.2 Å². The number of benzene rings is 1. The van der Waals surface area contributed by atoms with Gasteiger partial charge in [-0.3, -0.25) is 4.31 Å². The summed E-state index contributed by atoms with van der Waals surface area (Å²) >= 11 is 6.59. The summed E-state index contributed by atoms with van der Waals surface area (Å²) in [4.78, 5) is 4.43. The lowest BCUT2D eigenvalue weighted by molar-refractivity contribution is 0.355. The number of anilines is 2. The summed E-state index contributed by atoms with van der Waals surface area (Å²) in [5, 5.41) is 11.6. The van der Waals surface area contributed by atoms with E-state index in [4.69, 9.17) is 21.8 Å². The Labute approximate surface area is 208 Å². The molecule has 2 aromatic heterocycles. The molecule has 35 heavy (non-hydrogen) atoms. The summed E-state index contributed by atoms with van der Waals surface area (Å²) in [6.45, 7) is 4.60. The molecule has 12 heteroatoms. The molecule has 0 radical (unpaired) electrons. The quantitative estimate of drug-likeness (QED) is 0.434. The van der Waals surface area contributed by atoms with Crippen molar-refractivity contribution in [1.29, 1.82) is 0 Å². The highest BCUT2D eigenvalue weighted by atomic mass is 35.5. The van der Waals surface area contributed by atoms with Crippen LogP contribution in [0.15, 0.2) is 34.7 Å². The van der Waals surface area contributed by atoms with Crippen LogP contribution >= 0.6 is 11.6 Å². The Morgan fingerprint density at radius 2 is 1.97 bits per heavy atom. The second kappa shape index (κ2) is 9.36. The molecule has 3 aromatic rings. The van der Waals surface area contributed by atoms with Crippen LogP contribution in [0.5, 0.6) is 0 Å². The molecule has 1 aromatic carbocycles. The van der Waals surface area contributed by atoms with Gasteiger partial charge in [0.2, 0.25) is 21.8 Å². The number of hydrogen-bond acceptors (Lipinski definition) is 8. The number of nitrogens with two attached hydrogens (primary N) is 1. The molecule has 1 fully saturated rings. The highest BCUT2D eigenvalue weighted by Gasteiger charge is 2.33. The van der Waals surface area contributed by atoms with Gasteiger partial charge in [0.15, 0.2) is 5.82 Å². The minimum atomic E-state index is -3.63. The Bertz CT molecular complexity index is 1330. The highest BCUT2D eigenvalue weighted by molar-refractivity contribution is 7.92. The van der Waals surface area contributed by atoms with Crippen LogP contribution in [0.25, 0.3) is 11.5 Å². The molecule has 4 rings (SSSR count). The molecule has 1 aliphatic rings. The monoisotopic (exact) mass is 522 g/mol. The van der Waals surface area contributed by atoms with Gasteiger partial charge in [-0.1, -0.05) is 30.7 Å². The van der Waals surface area contributed by atoms with Crippen LogP contribution in [-0.2, 0) is 22.0 Å². The number of nitrogens with zero attached hydrogens (tertiary/aromatic N) is 4. The summed E-state index contributed by atoms with van der Waals surface area (Å²) in [6, 6.07) is 7.66. The van der Waals surface area contributed by atoms with Gasteiger partial charge in [-0.25, -0.2) is 17.8 Å². The maximum Gasteiger partial charge on any atom is 0.249 e. The molecular weight excluding hydrogens is 495 g/mol. The van der Waals surface area contributed by atoms with Gasteiger partial charge in [0.1, 0.15) is 11.6 Å². The lowest BCUT2D eigenvalue weighted by Crippen LogP contribution is -2.35. The van der Waals surface area contributed by atoms with Crippen molar-refractivity contribution in [3.8, 4) is 11.5 Å². The predicted molar refractivity (Wildman–Crippen MR) is 133 cm³/mol. The molecule has 0 bridgehead atoms. The van der Waals surface area contributed by atoms with Crippen LogP contribution in [0.4, 0.5) is 16.0 Å². The van der Waals surface area contributed by atoms with E-state index in [0.29, 0.717) is 36.2 Å². The van der Waals surface area contributed by atoms with Gasteiger partial charge in [0, 0.05) is 13.6 Å². The van der Waals surface area contributed by atoms with Crippen LogP contribution in [0, 0.1) is 17.7 Å². The van der Waals surface area contributed by atoms with E-state index in [1.54, 1.807) is 25.1 Å². The van der Waals surface area contributed by atoms with Gasteiger partial charge in [0.25, 0.3) is 0 Å². The molecule has 2 unspecified atom stereocenters. The molecule has 188 valence electrons. The van der Waals surface area contributed by atoms with Crippen LogP contribution in [-0.4, -0.2) is 43.4 Å². The predicted octanol–water partition coefficient (Wildman–Crippen LogP) is 3.80. The summed E-state index contributed by atoms with van der Waals surface area (Å²) in [6.07, 6.45) is 2.52. The molecule has 3 atom stereocenters. The summed E-state index contributed by atoms with van der Waals surface area (Å²) < 4.78 is 44.6. The number of pyridine rings is 1. The molecule has 9 nitrogen and oxygen atoms in total. The van der Waals surface area contributed by atoms with Gasteiger partial charge >= 0.3 is 0 Å². The van der Waals surface area contributed by atoms with Crippen molar-refractivity contribution in [2.75, 3.05) is 29.5 Å². The third-order valence-electron chi connectivity index (χ3n) is 6.19. The summed E-state index contributed by atoms with van der Waals surface area (Å²) in [5.41, 5.74) is 6.56. The smallest absolute Gasteiger partial charge is 0.249 e. The molecule has 1 saturated carbocycles. The zero-order valence-corrected chi connectivity index (χ0v) is 21.5. The first-order valence-electron chi connectivity index (χ1n) is 11.1. The Morgan fingerprint density at radius 3 is 2.57 bits per heavy atom. The van der Waals surface area contributed by atoms with E-state index in [1.165, 1.54) is 19.2 Å². The highest BCUT2D eigenvalue weighted by Crippen LogP contribution is 2.40. The number of halogens is 2. The third kappa shape index (κ3) is 5.74. The van der Waals surface area contributed by atoms with Crippen LogP contribution < -0.4 is 15.4 Å². The Morgan fingerprint density at radius 1 is 1.31 bits per heavy atom. The molecule has 0 amide bonds. The first kappa shape index (κ1) is 25.3. The van der Waals surface area contributed by atoms with E-state index in [2.05, 4.69) is 27.4 Å². The van der Waals surface area contributed by atoms with Crippen molar-refractivity contribution in [2.24, 2.45) is 17.6 Å². The largest absolute Gasteiger partial charge is 0.419 e. The zero-order valence-electron chi connectivity index (χ0n) is 19.9. The van der Waals surface area contributed by atoms with Crippen molar-refractivity contribution in [3.63, 3.8) is 0 Å². The first-order chi connectivity index (χ1) is 16.3. The van der Waals surface area contributed by atoms with Crippen molar-refractivity contribution in [1.82, 2.24) is 15.2 Å². The molecule has 0 spiro atoms. The van der Waals surface area contributed by atoms with Crippen molar-refractivity contribution < 1.29 is 17.2 Å². The fraction of sp³-hybridized carbons (Fsp3) is 0.435. The van der Waals surface area contributed by atoms with Crippen LogP contribution in [0.3, 0.4) is 0 Å². The topological polar surface area (TPSA) is 127 Å². The Hall–Kier alpha value is -2.76. The van der Waals surface area contributed by atoms with Crippen molar-refractivity contribution in [3.05, 3.63) is 52.6 Å². The standard InChI is InChI=1S/C23H28ClFN6O3S/c1-13-9-15(13)12-27-18-10-17(19(24)20(28-18)31(3)35(4,32)33)21-29-30-22(34-21)23(2,26)11-14-5-7-16(25)8-6-14/h5-8,10,13,15H,9,11-12,26H2,1-4H3,(H,27,28)/t13?,15?,23-/m1/s1. The van der Waals surface area contributed by atoms with E-state index in [9.17, 15) is 12.8 Å². The minimum absolute atomic E-state index is 0.0413. The SMILES string of the molecule is CC1CC1CNc1cc(-c2nnc([C@](C)(N)Cc3ccc(F)cc3)o2)c(Cl)c(N(C)S(C)(=O)=O)n1. The fourth-order valence-electron chi connectivity index (χ4n) is 3.71. The van der Waals surface area contributed by atoms with Gasteiger partial charge in [-0.2, -0.15) is 0 Å². The normalized spacial score (nSPS) is 19.3. The average molecular weight is 523 g/mol. The number of sulfonamides is 1. The third-order valence-corrected chi connectivity index (χ3v) is 7.73. The maximum absolute atomic E-state index is 13.3. The zero-order chi connectivity index (χ0) is 25.5. The average Bonchev–Trinajstić information content (AvgIpc) is 3.26. The molecule has 0 saturated heterocycles. The van der Waals surface area contributed by atoms with Gasteiger partial charge in [-0.15, -0.1) is 10.2 Å². The maximum atomic E-state index is 13.3. The van der Waals surface area contributed by atoms with E-state index < -0.39 is 15.6 Å². The lowest BCUT2D eigenvalue weighted by atomic mass is 9.94. The van der Waals surface area contributed by atoms with Gasteiger partial charge < -0.3 is 15.5 Å². The number of rotatable bonds is 9. The molecule has 2 heterocycles. The van der Waals surface area contributed by atoms with Crippen LogP contribution in [0.1, 0.15) is 31.7 Å². The molecule has 1 aliphatic carbocycles. The number of nitrogens with one attached hydrogen (secondary N) is 1. The first-order valence-corrected chi connectivity index (χ1v) is 13.3. The van der Waals surface area contributed by atoms with Gasteiger partial charge in [0.05, 0.1) is 22.4 Å². The van der Waals surface area contributed by atoms with Crippen LogP contribution in [0.2, 0.25) is 5.02 Å².